The van der Waals surface area contributed by atoms with Crippen LogP contribution in [0.5, 0.6) is 0 Å². The number of benzene rings is 2. The van der Waals surface area contributed by atoms with Crippen LogP contribution in [0.3, 0.4) is 0 Å². The number of thiazole rings is 1. The van der Waals surface area contributed by atoms with E-state index in [1.54, 1.807) is 23.9 Å². The Morgan fingerprint density at radius 2 is 1.96 bits per heavy atom. The van der Waals surface area contributed by atoms with Crippen LogP contribution in [0, 0.1) is 0 Å². The van der Waals surface area contributed by atoms with E-state index >= 15 is 0 Å². The molecule has 1 amide bonds. The van der Waals surface area contributed by atoms with Crippen molar-refractivity contribution in [3.8, 4) is 5.69 Å². The topological polar surface area (TPSA) is 59.8 Å². The normalized spacial score (nSPS) is 10.9. The number of amides is 1. The summed E-state index contributed by atoms with van der Waals surface area (Å²) >= 11 is 1.72. The maximum atomic E-state index is 12.3. The number of carbonyl (C=O) groups excluding carboxylic acids is 1. The molecule has 0 spiro atoms. The average Bonchev–Trinajstić information content (AvgIpc) is 3.34. The largest absolute Gasteiger partial charge is 0.352 e. The molecule has 0 unspecified atom stereocenters. The standard InChI is InChI=1S/C20H18N4OS/c25-20(15-7-9-16(10-8-15)24-13-12-21-14-24)22-11-3-6-19-23-17-4-1-2-5-18(17)26-19/h1-2,4-5,7-10,12-14H,3,6,11H2,(H,22,25). The van der Waals surface area contributed by atoms with Crippen LogP contribution < -0.4 is 5.32 Å². The lowest BCUT2D eigenvalue weighted by molar-refractivity contribution is 0.0953. The number of hydrogen-bond acceptors (Lipinski definition) is 4. The van der Waals surface area contributed by atoms with Crippen molar-refractivity contribution in [2.75, 3.05) is 6.54 Å². The van der Waals surface area contributed by atoms with Gasteiger partial charge in [-0.3, -0.25) is 4.79 Å². The lowest BCUT2D eigenvalue weighted by Gasteiger charge is -2.06. The summed E-state index contributed by atoms with van der Waals surface area (Å²) in [4.78, 5) is 20.9. The summed E-state index contributed by atoms with van der Waals surface area (Å²) in [6, 6.07) is 15.6. The van der Waals surface area contributed by atoms with Crippen LogP contribution in [0.15, 0.2) is 67.3 Å². The van der Waals surface area contributed by atoms with Crippen LogP contribution >= 0.6 is 11.3 Å². The van der Waals surface area contributed by atoms with Gasteiger partial charge >= 0.3 is 0 Å². The van der Waals surface area contributed by atoms with Crippen LogP contribution in [0.1, 0.15) is 21.8 Å². The fourth-order valence-electron chi connectivity index (χ4n) is 2.77. The summed E-state index contributed by atoms with van der Waals surface area (Å²) in [7, 11) is 0. The minimum Gasteiger partial charge on any atom is -0.352 e. The Kier molecular flexibility index (Phi) is 4.75. The number of nitrogens with zero attached hydrogens (tertiary/aromatic N) is 3. The second-order valence-electron chi connectivity index (χ2n) is 5.95. The van der Waals surface area contributed by atoms with Crippen molar-refractivity contribution in [1.29, 1.82) is 0 Å². The van der Waals surface area contributed by atoms with Crippen LogP contribution in [-0.2, 0) is 6.42 Å². The molecule has 2 heterocycles. The zero-order valence-electron chi connectivity index (χ0n) is 14.1. The maximum Gasteiger partial charge on any atom is 0.251 e. The first-order valence-electron chi connectivity index (χ1n) is 8.51. The summed E-state index contributed by atoms with van der Waals surface area (Å²) in [5, 5.41) is 4.09. The minimum absolute atomic E-state index is 0.0496. The van der Waals surface area contributed by atoms with Gasteiger partial charge in [-0.05, 0) is 42.8 Å². The lowest BCUT2D eigenvalue weighted by atomic mass is 10.2. The Morgan fingerprint density at radius 3 is 2.73 bits per heavy atom. The predicted molar refractivity (Wildman–Crippen MR) is 104 cm³/mol. The first-order valence-corrected chi connectivity index (χ1v) is 9.32. The first kappa shape index (κ1) is 16.5. The molecular formula is C20H18N4OS. The summed E-state index contributed by atoms with van der Waals surface area (Å²) in [5.74, 6) is -0.0496. The van der Waals surface area contributed by atoms with Gasteiger partial charge in [0.2, 0.25) is 0 Å². The fourth-order valence-corrected chi connectivity index (χ4v) is 3.78. The van der Waals surface area contributed by atoms with E-state index in [-0.39, 0.29) is 5.91 Å². The smallest absolute Gasteiger partial charge is 0.251 e. The summed E-state index contributed by atoms with van der Waals surface area (Å²) in [5.41, 5.74) is 2.69. The van der Waals surface area contributed by atoms with Crippen molar-refractivity contribution >= 4 is 27.5 Å². The zero-order chi connectivity index (χ0) is 17.8. The number of carbonyl (C=O) groups is 1. The molecular weight excluding hydrogens is 344 g/mol. The van der Waals surface area contributed by atoms with Crippen LogP contribution in [0.2, 0.25) is 0 Å². The minimum atomic E-state index is -0.0496. The second kappa shape index (κ2) is 7.49. The number of nitrogens with one attached hydrogen (secondary N) is 1. The number of aromatic nitrogens is 3. The summed E-state index contributed by atoms with van der Waals surface area (Å²) in [6.45, 7) is 0.637. The predicted octanol–water partition coefficient (Wildman–Crippen LogP) is 3.84. The highest BCUT2D eigenvalue weighted by molar-refractivity contribution is 7.18. The molecule has 130 valence electrons. The van der Waals surface area contributed by atoms with Crippen molar-refractivity contribution in [1.82, 2.24) is 19.9 Å². The molecule has 0 saturated heterocycles. The van der Waals surface area contributed by atoms with Crippen LogP contribution in [0.25, 0.3) is 15.9 Å². The van der Waals surface area contributed by atoms with E-state index < -0.39 is 0 Å². The number of para-hydroxylation sites is 1. The molecule has 0 bridgehead atoms. The van der Waals surface area contributed by atoms with E-state index in [4.69, 9.17) is 0 Å². The molecule has 2 aromatic carbocycles. The van der Waals surface area contributed by atoms with Crippen molar-refractivity contribution < 1.29 is 4.79 Å². The monoisotopic (exact) mass is 362 g/mol. The maximum absolute atomic E-state index is 12.3. The molecule has 0 radical (unpaired) electrons. The third-order valence-corrected chi connectivity index (χ3v) is 5.22. The van der Waals surface area contributed by atoms with Gasteiger partial charge in [-0.25, -0.2) is 9.97 Å². The Balaban J connectivity index is 1.28. The van der Waals surface area contributed by atoms with E-state index in [9.17, 15) is 4.79 Å². The van der Waals surface area contributed by atoms with Gasteiger partial charge in [-0.1, -0.05) is 12.1 Å². The van der Waals surface area contributed by atoms with E-state index in [1.807, 2.05) is 53.2 Å². The number of fused-ring (bicyclic) bond motifs is 1. The summed E-state index contributed by atoms with van der Waals surface area (Å²) < 4.78 is 3.11. The third kappa shape index (κ3) is 3.65. The average molecular weight is 362 g/mol. The third-order valence-electron chi connectivity index (χ3n) is 4.12. The second-order valence-corrected chi connectivity index (χ2v) is 7.07. The highest BCUT2D eigenvalue weighted by Crippen LogP contribution is 2.22. The Morgan fingerprint density at radius 1 is 1.12 bits per heavy atom. The molecule has 0 aliphatic heterocycles. The number of hydrogen-bond donors (Lipinski definition) is 1. The molecule has 26 heavy (non-hydrogen) atoms. The molecule has 6 heteroatoms. The highest BCUT2D eigenvalue weighted by Gasteiger charge is 2.06. The SMILES string of the molecule is O=C(NCCCc1nc2ccccc2s1)c1ccc(-n2ccnc2)cc1. The van der Waals surface area contributed by atoms with E-state index in [0.29, 0.717) is 12.1 Å². The molecule has 1 N–H and O–H groups in total. The number of aryl methyl sites for hydroxylation is 1. The lowest BCUT2D eigenvalue weighted by Crippen LogP contribution is -2.24. The number of rotatable bonds is 6. The molecule has 4 rings (SSSR count). The molecule has 0 fully saturated rings. The van der Waals surface area contributed by atoms with Gasteiger partial charge in [-0.2, -0.15) is 0 Å². The van der Waals surface area contributed by atoms with Crippen molar-refractivity contribution in [2.45, 2.75) is 12.8 Å². The quantitative estimate of drug-likeness (QED) is 0.530. The van der Waals surface area contributed by atoms with Crippen LogP contribution in [-0.4, -0.2) is 27.0 Å². The van der Waals surface area contributed by atoms with Gasteiger partial charge in [0.15, 0.2) is 0 Å². The van der Waals surface area contributed by atoms with Gasteiger partial charge < -0.3 is 9.88 Å². The molecule has 4 aromatic rings. The molecule has 0 atom stereocenters. The molecule has 5 nitrogen and oxygen atoms in total. The first-order chi connectivity index (χ1) is 12.8. The van der Waals surface area contributed by atoms with Gasteiger partial charge in [0.25, 0.3) is 5.91 Å². The van der Waals surface area contributed by atoms with E-state index in [2.05, 4.69) is 21.4 Å². The van der Waals surface area contributed by atoms with Gasteiger partial charge in [0.05, 0.1) is 21.6 Å². The molecule has 0 aliphatic rings. The van der Waals surface area contributed by atoms with E-state index in [0.717, 1.165) is 29.1 Å². The van der Waals surface area contributed by atoms with Gasteiger partial charge in [-0.15, -0.1) is 11.3 Å². The Labute approximate surface area is 155 Å². The summed E-state index contributed by atoms with van der Waals surface area (Å²) in [6.07, 6.45) is 7.08. The fraction of sp³-hybridized carbons (Fsp3) is 0.150. The van der Waals surface area contributed by atoms with Gasteiger partial charge in [0, 0.05) is 36.6 Å². The van der Waals surface area contributed by atoms with Crippen molar-refractivity contribution in [3.05, 3.63) is 77.8 Å². The van der Waals surface area contributed by atoms with Crippen molar-refractivity contribution in [3.63, 3.8) is 0 Å². The highest BCUT2D eigenvalue weighted by atomic mass is 32.1. The zero-order valence-corrected chi connectivity index (χ0v) is 14.9. The molecule has 2 aromatic heterocycles. The van der Waals surface area contributed by atoms with Crippen LogP contribution in [0.4, 0.5) is 0 Å². The van der Waals surface area contributed by atoms with E-state index in [1.165, 1.54) is 4.70 Å². The molecule has 0 saturated carbocycles. The Hall–Kier alpha value is -2.99. The van der Waals surface area contributed by atoms with Crippen molar-refractivity contribution in [2.24, 2.45) is 0 Å². The van der Waals surface area contributed by atoms with Gasteiger partial charge in [0.1, 0.15) is 0 Å². The molecule has 0 aliphatic carbocycles. The number of imidazole rings is 1. The Bertz CT molecular complexity index is 973.